The Hall–Kier alpha value is -2.36. The molecule has 0 amide bonds. The van der Waals surface area contributed by atoms with Crippen LogP contribution >= 0.6 is 0 Å². The molecule has 2 heterocycles. The number of hydrogen-bond acceptors (Lipinski definition) is 2. The zero-order chi connectivity index (χ0) is 23.3. The molecule has 1 unspecified atom stereocenters. The molecule has 0 radical (unpaired) electrons. The van der Waals surface area contributed by atoms with Crippen molar-refractivity contribution in [3.05, 3.63) is 99.6 Å². The number of aryl methyl sites for hydroxylation is 4. The van der Waals surface area contributed by atoms with Crippen LogP contribution in [0, 0.1) is 27.7 Å². The van der Waals surface area contributed by atoms with E-state index < -0.39 is 5.60 Å². The third-order valence-electron chi connectivity index (χ3n) is 7.55. The maximum absolute atomic E-state index is 7.41. The molecule has 2 nitrogen and oxygen atoms in total. The predicted octanol–water partition coefficient (Wildman–Crippen LogP) is 6.18. The van der Waals surface area contributed by atoms with Crippen molar-refractivity contribution in [1.82, 2.24) is 4.81 Å². The first kappa shape index (κ1) is 22.4. The van der Waals surface area contributed by atoms with Gasteiger partial charge in [0.2, 0.25) is 0 Å². The summed E-state index contributed by atoms with van der Waals surface area (Å²) in [4.78, 5) is 2.65. The lowest BCUT2D eigenvalue weighted by molar-refractivity contribution is 0.106. The smallest absolute Gasteiger partial charge is 0.402 e. The first-order chi connectivity index (χ1) is 15.8. The molecule has 2 saturated heterocycles. The van der Waals surface area contributed by atoms with Gasteiger partial charge in [0.05, 0.1) is 0 Å². The minimum atomic E-state index is -0.473. The van der Waals surface area contributed by atoms with Crippen LogP contribution in [0.15, 0.2) is 60.7 Å². The largest absolute Gasteiger partial charge is 0.420 e. The van der Waals surface area contributed by atoms with Gasteiger partial charge in [-0.3, -0.25) is 0 Å². The van der Waals surface area contributed by atoms with Crippen LogP contribution in [-0.4, -0.2) is 24.4 Å². The van der Waals surface area contributed by atoms with Gasteiger partial charge in [0, 0.05) is 6.04 Å². The second-order valence-corrected chi connectivity index (χ2v) is 10.6. The maximum atomic E-state index is 7.41. The van der Waals surface area contributed by atoms with E-state index in [-0.39, 0.29) is 7.05 Å². The summed E-state index contributed by atoms with van der Waals surface area (Å²) in [5, 5.41) is 0. The molecule has 0 saturated carbocycles. The minimum Gasteiger partial charge on any atom is -0.402 e. The molecule has 3 heteroatoms. The monoisotopic (exact) mass is 437 g/mol. The highest BCUT2D eigenvalue weighted by Gasteiger charge is 2.59. The minimum absolute atomic E-state index is 0.0299. The average molecular weight is 437 g/mol. The van der Waals surface area contributed by atoms with Crippen molar-refractivity contribution >= 4 is 12.5 Å². The van der Waals surface area contributed by atoms with Crippen LogP contribution in [0.2, 0.25) is 0 Å². The summed E-state index contributed by atoms with van der Waals surface area (Å²) in [5.41, 5.74) is 10.0. The summed E-state index contributed by atoms with van der Waals surface area (Å²) in [7, 11) is -0.0299. The van der Waals surface area contributed by atoms with Crippen LogP contribution < -0.4 is 5.46 Å². The molecule has 0 N–H and O–H groups in total. The van der Waals surface area contributed by atoms with Gasteiger partial charge in [0.1, 0.15) is 5.60 Å². The van der Waals surface area contributed by atoms with Gasteiger partial charge in [-0.15, -0.1) is 0 Å². The first-order valence-corrected chi connectivity index (χ1v) is 12.5. The quantitative estimate of drug-likeness (QED) is 0.452. The highest BCUT2D eigenvalue weighted by Crippen LogP contribution is 2.49. The number of hydrogen-bond donors (Lipinski definition) is 0. The van der Waals surface area contributed by atoms with Crippen LogP contribution in [0.5, 0.6) is 0 Å². The molecule has 33 heavy (non-hydrogen) atoms. The number of rotatable bonds is 4. The van der Waals surface area contributed by atoms with Crippen LogP contribution in [0.3, 0.4) is 0 Å². The third-order valence-corrected chi connectivity index (χ3v) is 7.55. The molecule has 170 valence electrons. The molecule has 2 aliphatic heterocycles. The van der Waals surface area contributed by atoms with E-state index in [2.05, 4.69) is 107 Å². The van der Waals surface area contributed by atoms with E-state index in [9.17, 15) is 0 Å². The number of fused-ring (bicyclic) bond motifs is 1. The van der Waals surface area contributed by atoms with Gasteiger partial charge >= 0.3 is 7.05 Å². The number of benzene rings is 3. The zero-order valence-electron chi connectivity index (χ0n) is 21.0. The van der Waals surface area contributed by atoms with Crippen molar-refractivity contribution in [1.29, 1.82) is 0 Å². The highest BCUT2D eigenvalue weighted by molar-refractivity contribution is 6.66. The Bertz CT molecular complexity index is 1090. The fourth-order valence-electron chi connectivity index (χ4n) is 6.40. The SMILES string of the molecule is Cc1cc(C)cc(C2(c3cc(C)cc(C)c3)OB(c3ccccc3C(C)C)N3CCCC32)c1. The third kappa shape index (κ3) is 3.76. The Morgan fingerprint density at radius 2 is 1.39 bits per heavy atom. The van der Waals surface area contributed by atoms with Crippen molar-refractivity contribution in [2.45, 2.75) is 71.9 Å². The summed E-state index contributed by atoms with van der Waals surface area (Å²) >= 11 is 0. The van der Waals surface area contributed by atoms with E-state index in [0.29, 0.717) is 12.0 Å². The number of nitrogens with zero attached hydrogens (tertiary/aromatic N) is 1. The van der Waals surface area contributed by atoms with Gasteiger partial charge in [-0.05, 0) is 75.2 Å². The van der Waals surface area contributed by atoms with Crippen molar-refractivity contribution in [3.63, 3.8) is 0 Å². The molecule has 0 bridgehead atoms. The van der Waals surface area contributed by atoms with Gasteiger partial charge in [0.25, 0.3) is 0 Å². The standard InChI is InChI=1S/C30H36BNO/c1-20(2)27-10-7-8-11-28(27)31-32-13-9-12-29(32)30(33-31,25-16-21(3)14-22(4)17-25)26-18-23(5)15-24(6)19-26/h7-8,10-11,14-20,29H,9,12-13H2,1-6H3. The van der Waals surface area contributed by atoms with Crippen molar-refractivity contribution in [2.24, 2.45) is 0 Å². The maximum Gasteiger partial charge on any atom is 0.420 e. The van der Waals surface area contributed by atoms with Gasteiger partial charge < -0.3 is 9.47 Å². The van der Waals surface area contributed by atoms with Crippen molar-refractivity contribution < 1.29 is 4.65 Å². The molecule has 0 aromatic heterocycles. The van der Waals surface area contributed by atoms with E-state index in [1.807, 2.05) is 0 Å². The Balaban J connectivity index is 1.76. The predicted molar refractivity (Wildman–Crippen MR) is 139 cm³/mol. The summed E-state index contributed by atoms with van der Waals surface area (Å²) < 4.78 is 7.41. The van der Waals surface area contributed by atoms with Crippen molar-refractivity contribution in [2.75, 3.05) is 6.54 Å². The molecule has 2 aliphatic rings. The van der Waals surface area contributed by atoms with E-state index in [1.165, 1.54) is 50.8 Å². The van der Waals surface area contributed by atoms with Crippen LogP contribution in [0.1, 0.15) is 71.6 Å². The molecule has 5 rings (SSSR count). The summed E-state index contributed by atoms with van der Waals surface area (Å²) in [6.07, 6.45) is 2.37. The first-order valence-electron chi connectivity index (χ1n) is 12.5. The molecular weight excluding hydrogens is 401 g/mol. The van der Waals surface area contributed by atoms with E-state index in [4.69, 9.17) is 4.65 Å². The normalized spacial score (nSPS) is 20.0. The second-order valence-electron chi connectivity index (χ2n) is 10.6. The van der Waals surface area contributed by atoms with E-state index in [1.54, 1.807) is 0 Å². The highest BCUT2D eigenvalue weighted by atomic mass is 16.5. The zero-order valence-corrected chi connectivity index (χ0v) is 21.0. The molecule has 1 atom stereocenters. The average Bonchev–Trinajstić information content (AvgIpc) is 3.34. The van der Waals surface area contributed by atoms with Gasteiger partial charge in [-0.1, -0.05) is 96.8 Å². The Morgan fingerprint density at radius 1 is 0.848 bits per heavy atom. The lowest BCUT2D eigenvalue weighted by atomic mass is 9.68. The molecular formula is C30H36BNO. The summed E-state index contributed by atoms with van der Waals surface area (Å²) in [6.45, 7) is 14.5. The van der Waals surface area contributed by atoms with Crippen LogP contribution in [-0.2, 0) is 10.3 Å². The summed E-state index contributed by atoms with van der Waals surface area (Å²) in [6, 6.07) is 23.2. The molecule has 2 fully saturated rings. The lowest BCUT2D eigenvalue weighted by Crippen LogP contribution is -2.47. The van der Waals surface area contributed by atoms with Crippen molar-refractivity contribution in [3.8, 4) is 0 Å². The molecule has 3 aromatic rings. The Kier molecular flexibility index (Phi) is 5.75. The topological polar surface area (TPSA) is 12.5 Å². The molecule has 0 spiro atoms. The van der Waals surface area contributed by atoms with Gasteiger partial charge in [0.15, 0.2) is 0 Å². The van der Waals surface area contributed by atoms with Gasteiger partial charge in [-0.25, -0.2) is 0 Å². The van der Waals surface area contributed by atoms with E-state index >= 15 is 0 Å². The Labute approximate surface area is 200 Å². The molecule has 3 aromatic carbocycles. The second kappa shape index (κ2) is 8.45. The van der Waals surface area contributed by atoms with Gasteiger partial charge in [-0.2, -0.15) is 0 Å². The Morgan fingerprint density at radius 3 is 1.94 bits per heavy atom. The lowest BCUT2D eigenvalue weighted by Gasteiger charge is -2.37. The fourth-order valence-corrected chi connectivity index (χ4v) is 6.40. The van der Waals surface area contributed by atoms with Crippen LogP contribution in [0.25, 0.3) is 0 Å². The van der Waals surface area contributed by atoms with Crippen LogP contribution in [0.4, 0.5) is 0 Å². The summed E-state index contributed by atoms with van der Waals surface area (Å²) in [5.74, 6) is 0.461. The molecule has 0 aliphatic carbocycles. The van der Waals surface area contributed by atoms with E-state index in [0.717, 1.165) is 13.0 Å². The fraction of sp³-hybridized carbons (Fsp3) is 0.400.